The highest BCUT2D eigenvalue weighted by Crippen LogP contribution is 2.30. The minimum Gasteiger partial charge on any atom is -0.322 e. The molecule has 29 heavy (non-hydrogen) atoms. The quantitative estimate of drug-likeness (QED) is 0.391. The van der Waals surface area contributed by atoms with Crippen LogP contribution in [0.15, 0.2) is 71.2 Å². The molecule has 8 heteroatoms. The first-order chi connectivity index (χ1) is 13.9. The van der Waals surface area contributed by atoms with Crippen LogP contribution in [0.4, 0.5) is 18.9 Å². The summed E-state index contributed by atoms with van der Waals surface area (Å²) < 4.78 is 41.6. The summed E-state index contributed by atoms with van der Waals surface area (Å²) in [6.45, 7) is -2.74. The van der Waals surface area contributed by atoms with Crippen molar-refractivity contribution >= 4 is 38.6 Å². The number of imidazole rings is 1. The zero-order chi connectivity index (χ0) is 20.5. The maximum atomic E-state index is 13.6. The van der Waals surface area contributed by atoms with Crippen LogP contribution in [0.5, 0.6) is 0 Å². The minimum atomic E-state index is -2.74. The van der Waals surface area contributed by atoms with Crippen LogP contribution in [0, 0.1) is 5.82 Å². The van der Waals surface area contributed by atoms with Gasteiger partial charge >= 0.3 is 6.55 Å². The monoisotopic (exact) mass is 459 g/mol. The first-order valence-corrected chi connectivity index (χ1v) is 9.35. The van der Waals surface area contributed by atoms with Crippen LogP contribution >= 0.6 is 15.9 Å². The number of benzene rings is 3. The van der Waals surface area contributed by atoms with Gasteiger partial charge in [0.1, 0.15) is 11.6 Å². The lowest BCUT2D eigenvalue weighted by atomic mass is 10.1. The number of alkyl halides is 2. The summed E-state index contributed by atoms with van der Waals surface area (Å²) in [5.41, 5.74) is 2.05. The third kappa shape index (κ3) is 3.75. The van der Waals surface area contributed by atoms with Crippen LogP contribution in [0.1, 0.15) is 16.9 Å². The van der Waals surface area contributed by atoms with Crippen molar-refractivity contribution in [2.45, 2.75) is 6.55 Å². The number of amides is 1. The Kier molecular flexibility index (Phi) is 5.10. The molecule has 1 heterocycles. The largest absolute Gasteiger partial charge is 0.322 e. The van der Waals surface area contributed by atoms with Crippen LogP contribution in [0.25, 0.3) is 22.4 Å². The summed E-state index contributed by atoms with van der Waals surface area (Å²) in [6.07, 6.45) is 0. The van der Waals surface area contributed by atoms with Gasteiger partial charge in [-0.2, -0.15) is 8.78 Å². The summed E-state index contributed by atoms with van der Waals surface area (Å²) in [4.78, 5) is 16.7. The molecule has 4 rings (SSSR count). The van der Waals surface area contributed by atoms with Crippen molar-refractivity contribution in [1.29, 1.82) is 0 Å². The number of carbonyl (C=O) groups is 1. The topological polar surface area (TPSA) is 46.9 Å². The predicted molar refractivity (Wildman–Crippen MR) is 108 cm³/mol. The van der Waals surface area contributed by atoms with E-state index in [2.05, 4.69) is 26.2 Å². The van der Waals surface area contributed by atoms with Crippen LogP contribution in [0.2, 0.25) is 0 Å². The Morgan fingerprint density at radius 1 is 1.03 bits per heavy atom. The van der Waals surface area contributed by atoms with Gasteiger partial charge in [-0.1, -0.05) is 12.1 Å². The molecule has 0 radical (unpaired) electrons. The maximum Gasteiger partial charge on any atom is 0.320 e. The smallest absolute Gasteiger partial charge is 0.320 e. The number of anilines is 1. The van der Waals surface area contributed by atoms with E-state index in [4.69, 9.17) is 0 Å². The van der Waals surface area contributed by atoms with Gasteiger partial charge in [0.05, 0.1) is 16.6 Å². The summed E-state index contributed by atoms with van der Waals surface area (Å²) >= 11 is 3.16. The molecule has 0 spiro atoms. The van der Waals surface area contributed by atoms with Crippen molar-refractivity contribution in [1.82, 2.24) is 9.55 Å². The zero-order valence-electron chi connectivity index (χ0n) is 14.7. The van der Waals surface area contributed by atoms with Gasteiger partial charge in [-0.05, 0) is 70.5 Å². The summed E-state index contributed by atoms with van der Waals surface area (Å²) in [7, 11) is 0. The molecule has 1 aromatic heterocycles. The fourth-order valence-corrected chi connectivity index (χ4v) is 3.55. The average Bonchev–Trinajstić information content (AvgIpc) is 3.08. The molecule has 0 aliphatic rings. The minimum absolute atomic E-state index is 0.139. The second kappa shape index (κ2) is 7.71. The Hall–Kier alpha value is -3.13. The standard InChI is InChI=1S/C21H13BrF3N3O/c22-16-11-13(23)7-10-15(16)20(29)26-14-8-5-12(6-9-14)19-27-17-3-1-2-4-18(17)28(19)21(24)25/h1-11,21H,(H,26,29). The number of halogens is 4. The number of rotatable bonds is 4. The number of nitrogens with zero attached hydrogens (tertiary/aromatic N) is 2. The molecular weight excluding hydrogens is 447 g/mol. The van der Waals surface area contributed by atoms with E-state index in [1.54, 1.807) is 48.5 Å². The summed E-state index contributed by atoms with van der Waals surface area (Å²) in [5.74, 6) is -0.746. The second-order valence-corrected chi connectivity index (χ2v) is 7.08. The van der Waals surface area contributed by atoms with Gasteiger partial charge in [0.25, 0.3) is 5.91 Å². The van der Waals surface area contributed by atoms with E-state index in [0.29, 0.717) is 26.8 Å². The molecule has 1 amide bonds. The van der Waals surface area contributed by atoms with Crippen LogP contribution in [-0.4, -0.2) is 15.5 Å². The first kappa shape index (κ1) is 19.2. The lowest BCUT2D eigenvalue weighted by molar-refractivity contribution is 0.0764. The van der Waals surface area contributed by atoms with E-state index in [9.17, 15) is 18.0 Å². The molecule has 0 aliphatic carbocycles. The first-order valence-electron chi connectivity index (χ1n) is 8.56. The molecular formula is C21H13BrF3N3O. The molecule has 4 nitrogen and oxygen atoms in total. The second-order valence-electron chi connectivity index (χ2n) is 6.23. The van der Waals surface area contributed by atoms with E-state index in [1.807, 2.05) is 0 Å². The predicted octanol–water partition coefficient (Wildman–Crippen LogP) is 6.25. The van der Waals surface area contributed by atoms with Crippen molar-refractivity contribution in [3.63, 3.8) is 0 Å². The fraction of sp³-hybridized carbons (Fsp3) is 0.0476. The molecule has 4 aromatic rings. The lowest BCUT2D eigenvalue weighted by Crippen LogP contribution is -2.12. The molecule has 0 saturated heterocycles. The molecule has 0 fully saturated rings. The Labute approximate surface area is 172 Å². The van der Waals surface area contributed by atoms with Crippen LogP contribution in [-0.2, 0) is 0 Å². The van der Waals surface area contributed by atoms with Gasteiger partial charge in [0, 0.05) is 15.7 Å². The molecule has 0 saturated carbocycles. The Bertz CT molecular complexity index is 1210. The van der Waals surface area contributed by atoms with Crippen LogP contribution in [0.3, 0.4) is 0 Å². The molecule has 0 bridgehead atoms. The highest BCUT2D eigenvalue weighted by Gasteiger charge is 2.19. The maximum absolute atomic E-state index is 13.6. The zero-order valence-corrected chi connectivity index (χ0v) is 16.3. The van der Waals surface area contributed by atoms with E-state index in [-0.39, 0.29) is 11.4 Å². The summed E-state index contributed by atoms with van der Waals surface area (Å²) in [5, 5.41) is 2.69. The number of hydrogen-bond donors (Lipinski definition) is 1. The van der Waals surface area contributed by atoms with Crippen LogP contribution < -0.4 is 5.32 Å². The van der Waals surface area contributed by atoms with E-state index in [0.717, 1.165) is 4.57 Å². The number of hydrogen-bond acceptors (Lipinski definition) is 2. The molecule has 0 unspecified atom stereocenters. The van der Waals surface area contributed by atoms with Crippen molar-refractivity contribution in [2.24, 2.45) is 0 Å². The SMILES string of the molecule is O=C(Nc1ccc(-c2nc3ccccc3n2C(F)F)cc1)c1ccc(F)cc1Br. The van der Waals surface area contributed by atoms with E-state index in [1.165, 1.54) is 18.2 Å². The number of aromatic nitrogens is 2. The number of carbonyl (C=O) groups excluding carboxylic acids is 1. The highest BCUT2D eigenvalue weighted by molar-refractivity contribution is 9.10. The molecule has 1 N–H and O–H groups in total. The van der Waals surface area contributed by atoms with Gasteiger partial charge < -0.3 is 5.32 Å². The third-order valence-corrected chi connectivity index (χ3v) is 5.02. The van der Waals surface area contributed by atoms with Crippen molar-refractivity contribution in [3.8, 4) is 11.4 Å². The Morgan fingerprint density at radius 2 is 1.76 bits per heavy atom. The fourth-order valence-electron chi connectivity index (χ4n) is 3.02. The van der Waals surface area contributed by atoms with Crippen molar-refractivity contribution in [2.75, 3.05) is 5.32 Å². The Morgan fingerprint density at radius 3 is 2.45 bits per heavy atom. The molecule has 0 aliphatic heterocycles. The van der Waals surface area contributed by atoms with Crippen molar-refractivity contribution in [3.05, 3.63) is 82.6 Å². The van der Waals surface area contributed by atoms with E-state index >= 15 is 0 Å². The third-order valence-electron chi connectivity index (χ3n) is 4.37. The average molecular weight is 460 g/mol. The molecule has 146 valence electrons. The van der Waals surface area contributed by atoms with Gasteiger partial charge in [0.2, 0.25) is 0 Å². The van der Waals surface area contributed by atoms with Gasteiger partial charge in [0.15, 0.2) is 0 Å². The normalized spacial score (nSPS) is 11.2. The van der Waals surface area contributed by atoms with Gasteiger partial charge in [-0.25, -0.2) is 9.37 Å². The van der Waals surface area contributed by atoms with Gasteiger partial charge in [-0.15, -0.1) is 0 Å². The van der Waals surface area contributed by atoms with Crippen molar-refractivity contribution < 1.29 is 18.0 Å². The lowest BCUT2D eigenvalue weighted by Gasteiger charge is -2.10. The number of para-hydroxylation sites is 2. The number of nitrogens with one attached hydrogen (secondary N) is 1. The van der Waals surface area contributed by atoms with E-state index < -0.39 is 18.3 Å². The Balaban J connectivity index is 1.62. The summed E-state index contributed by atoms with van der Waals surface area (Å²) in [6, 6.07) is 16.9. The number of fused-ring (bicyclic) bond motifs is 1. The highest BCUT2D eigenvalue weighted by atomic mass is 79.9. The van der Waals surface area contributed by atoms with Gasteiger partial charge in [-0.3, -0.25) is 9.36 Å². The molecule has 0 atom stereocenters. The molecule has 3 aromatic carbocycles.